The number of hydrogen-bond acceptors (Lipinski definition) is 9. The summed E-state index contributed by atoms with van der Waals surface area (Å²) >= 11 is 0. The molecule has 0 saturated carbocycles. The molecule has 0 spiro atoms. The smallest absolute Gasteiger partial charge is 0.504 e. The molecule has 0 aliphatic carbocycles. The van der Waals surface area contributed by atoms with E-state index in [-0.39, 0.29) is 28.2 Å². The number of phenols is 1. The van der Waals surface area contributed by atoms with Crippen LogP contribution in [0.15, 0.2) is 48.5 Å². The molecule has 0 fully saturated rings. The second-order valence-electron chi connectivity index (χ2n) is 7.32. The SMILES string of the molecule is COc1cc(-c2ccc(F)cc2)c(OC)c(OS(C)(=O)=O)c1-c1ccc(OS(=O)(=O)C(F)(F)F)c(O)c1. The van der Waals surface area contributed by atoms with Gasteiger partial charge in [0, 0.05) is 5.56 Å². The highest BCUT2D eigenvalue weighted by Crippen LogP contribution is 2.51. The van der Waals surface area contributed by atoms with E-state index < -0.39 is 48.8 Å². The molecular weight excluding hydrogens is 548 g/mol. The molecule has 3 aromatic carbocycles. The fourth-order valence-electron chi connectivity index (χ4n) is 3.24. The molecule has 0 radical (unpaired) electrons. The molecule has 3 rings (SSSR count). The fraction of sp³-hybridized carbons (Fsp3) is 0.182. The first-order valence-corrected chi connectivity index (χ1v) is 13.1. The molecular formula is C22H18F4O9S2. The zero-order valence-electron chi connectivity index (χ0n) is 19.2. The van der Waals surface area contributed by atoms with Gasteiger partial charge in [-0.2, -0.15) is 30.0 Å². The predicted molar refractivity (Wildman–Crippen MR) is 123 cm³/mol. The van der Waals surface area contributed by atoms with Gasteiger partial charge in [-0.1, -0.05) is 18.2 Å². The van der Waals surface area contributed by atoms with Crippen LogP contribution in [0.25, 0.3) is 22.3 Å². The Morgan fingerprint density at radius 3 is 1.86 bits per heavy atom. The van der Waals surface area contributed by atoms with Crippen LogP contribution in [-0.4, -0.2) is 47.9 Å². The first-order valence-electron chi connectivity index (χ1n) is 9.86. The standard InChI is InChI=1S/C22H18F4O9S2/c1-32-18-11-15(12-4-7-14(23)8-5-12)20(33-2)21(35-36(3,28)29)19(18)13-6-9-17(16(27)10-13)34-37(30,31)22(24,25)26/h4-11,27H,1-3H3. The molecule has 200 valence electrons. The normalized spacial score (nSPS) is 12.2. The van der Waals surface area contributed by atoms with Gasteiger partial charge >= 0.3 is 25.7 Å². The average molecular weight is 567 g/mol. The Morgan fingerprint density at radius 2 is 1.38 bits per heavy atom. The van der Waals surface area contributed by atoms with E-state index in [4.69, 9.17) is 13.7 Å². The van der Waals surface area contributed by atoms with Gasteiger partial charge in [0.25, 0.3) is 0 Å². The molecule has 0 amide bonds. The van der Waals surface area contributed by atoms with Crippen molar-refractivity contribution in [1.29, 1.82) is 0 Å². The summed E-state index contributed by atoms with van der Waals surface area (Å²) in [5, 5.41) is 10.2. The lowest BCUT2D eigenvalue weighted by atomic mass is 9.96. The zero-order chi connectivity index (χ0) is 27.8. The Labute approximate surface area is 209 Å². The number of methoxy groups -OCH3 is 2. The van der Waals surface area contributed by atoms with Crippen molar-refractivity contribution in [1.82, 2.24) is 0 Å². The summed E-state index contributed by atoms with van der Waals surface area (Å²) in [7, 11) is -7.88. The quantitative estimate of drug-likeness (QED) is 0.239. The van der Waals surface area contributed by atoms with E-state index in [1.807, 2.05) is 0 Å². The van der Waals surface area contributed by atoms with E-state index in [0.29, 0.717) is 5.56 Å². The van der Waals surface area contributed by atoms with E-state index >= 15 is 0 Å². The van der Waals surface area contributed by atoms with E-state index in [1.54, 1.807) is 0 Å². The van der Waals surface area contributed by atoms with Crippen LogP contribution in [0.4, 0.5) is 17.6 Å². The molecule has 15 heteroatoms. The van der Waals surface area contributed by atoms with Crippen LogP contribution in [0.2, 0.25) is 0 Å². The monoisotopic (exact) mass is 566 g/mol. The number of benzene rings is 3. The van der Waals surface area contributed by atoms with Gasteiger partial charge in [0.1, 0.15) is 11.6 Å². The van der Waals surface area contributed by atoms with E-state index in [1.165, 1.54) is 32.4 Å². The molecule has 0 bridgehead atoms. The maximum atomic E-state index is 13.5. The summed E-state index contributed by atoms with van der Waals surface area (Å²) < 4.78 is 118. The maximum Gasteiger partial charge on any atom is 0.534 e. The van der Waals surface area contributed by atoms with Crippen LogP contribution >= 0.6 is 0 Å². The highest BCUT2D eigenvalue weighted by Gasteiger charge is 2.49. The second kappa shape index (κ2) is 9.97. The molecule has 1 N–H and O–H groups in total. The summed E-state index contributed by atoms with van der Waals surface area (Å²) in [5.41, 5.74) is -5.35. The molecule has 0 aromatic heterocycles. The van der Waals surface area contributed by atoms with Crippen LogP contribution in [0.1, 0.15) is 0 Å². The van der Waals surface area contributed by atoms with Crippen LogP contribution in [0, 0.1) is 5.82 Å². The molecule has 37 heavy (non-hydrogen) atoms. The summed E-state index contributed by atoms with van der Waals surface area (Å²) in [5.74, 6) is -3.23. The molecule has 0 heterocycles. The number of halogens is 4. The molecule has 0 atom stereocenters. The summed E-state index contributed by atoms with van der Waals surface area (Å²) in [4.78, 5) is 0. The first kappa shape index (κ1) is 27.9. The summed E-state index contributed by atoms with van der Waals surface area (Å²) in [6, 6.07) is 9.03. The Bertz CT molecular complexity index is 1530. The van der Waals surface area contributed by atoms with Crippen molar-refractivity contribution in [3.63, 3.8) is 0 Å². The third kappa shape index (κ3) is 5.99. The van der Waals surface area contributed by atoms with Crippen molar-refractivity contribution < 1.29 is 57.3 Å². The molecule has 0 unspecified atom stereocenters. The van der Waals surface area contributed by atoms with Crippen molar-refractivity contribution in [2.45, 2.75) is 5.51 Å². The lowest BCUT2D eigenvalue weighted by Crippen LogP contribution is -2.28. The van der Waals surface area contributed by atoms with Crippen molar-refractivity contribution >= 4 is 20.2 Å². The van der Waals surface area contributed by atoms with Crippen molar-refractivity contribution in [3.8, 4) is 51.0 Å². The highest BCUT2D eigenvalue weighted by atomic mass is 32.2. The lowest BCUT2D eigenvalue weighted by molar-refractivity contribution is -0.0500. The van der Waals surface area contributed by atoms with Crippen molar-refractivity contribution in [2.24, 2.45) is 0 Å². The highest BCUT2D eigenvalue weighted by molar-refractivity contribution is 7.88. The lowest BCUT2D eigenvalue weighted by Gasteiger charge is -2.21. The van der Waals surface area contributed by atoms with Crippen LogP contribution < -0.4 is 17.8 Å². The van der Waals surface area contributed by atoms with Crippen molar-refractivity contribution in [3.05, 3.63) is 54.3 Å². The van der Waals surface area contributed by atoms with Crippen molar-refractivity contribution in [2.75, 3.05) is 20.5 Å². The summed E-state index contributed by atoms with van der Waals surface area (Å²) in [6.45, 7) is 0. The molecule has 3 aromatic rings. The number of alkyl halides is 3. The van der Waals surface area contributed by atoms with Gasteiger partial charge in [-0.3, -0.25) is 0 Å². The van der Waals surface area contributed by atoms with Gasteiger partial charge in [-0.15, -0.1) is 0 Å². The minimum absolute atomic E-state index is 0.0465. The number of ether oxygens (including phenoxy) is 2. The minimum Gasteiger partial charge on any atom is -0.504 e. The van der Waals surface area contributed by atoms with Gasteiger partial charge in [-0.25, -0.2) is 4.39 Å². The molecule has 0 aliphatic rings. The Balaban J connectivity index is 2.29. The predicted octanol–water partition coefficient (Wildman–Crippen LogP) is 4.45. The fourth-order valence-corrected chi connectivity index (χ4v) is 4.17. The average Bonchev–Trinajstić information content (AvgIpc) is 2.78. The zero-order valence-corrected chi connectivity index (χ0v) is 20.8. The van der Waals surface area contributed by atoms with Gasteiger partial charge < -0.3 is 22.9 Å². The maximum absolute atomic E-state index is 13.5. The van der Waals surface area contributed by atoms with Gasteiger partial charge in [0.2, 0.25) is 0 Å². The Morgan fingerprint density at radius 1 is 0.784 bits per heavy atom. The topological polar surface area (TPSA) is 125 Å². The van der Waals surface area contributed by atoms with E-state index in [9.17, 15) is 39.5 Å². The van der Waals surface area contributed by atoms with E-state index in [2.05, 4.69) is 4.18 Å². The molecule has 0 saturated heterocycles. The minimum atomic E-state index is -6.08. The van der Waals surface area contributed by atoms with Crippen LogP contribution in [-0.2, 0) is 20.2 Å². The number of aromatic hydroxyl groups is 1. The first-order chi connectivity index (χ1) is 17.1. The van der Waals surface area contributed by atoms with E-state index in [0.717, 1.165) is 36.6 Å². The Hall–Kier alpha value is -3.72. The van der Waals surface area contributed by atoms with Crippen LogP contribution in [0.5, 0.6) is 28.7 Å². The summed E-state index contributed by atoms with van der Waals surface area (Å²) in [6.07, 6.45) is 0.740. The largest absolute Gasteiger partial charge is 0.534 e. The van der Waals surface area contributed by atoms with Gasteiger partial charge in [0.15, 0.2) is 23.0 Å². The number of phenolic OH excluding ortho intramolecular Hbond substituents is 1. The number of hydrogen-bond donors (Lipinski definition) is 1. The molecule has 9 nitrogen and oxygen atoms in total. The number of rotatable bonds is 8. The second-order valence-corrected chi connectivity index (χ2v) is 10.4. The third-order valence-corrected chi connectivity index (χ3v) is 6.18. The van der Waals surface area contributed by atoms with Gasteiger partial charge in [0.05, 0.1) is 26.0 Å². The Kier molecular flexibility index (Phi) is 7.51. The third-order valence-electron chi connectivity index (χ3n) is 4.74. The van der Waals surface area contributed by atoms with Gasteiger partial charge in [-0.05, 0) is 41.5 Å². The molecule has 0 aliphatic heterocycles. The van der Waals surface area contributed by atoms with Crippen LogP contribution in [0.3, 0.4) is 0 Å².